The number of anilines is 1. The van der Waals surface area contributed by atoms with Gasteiger partial charge in [0, 0.05) is 27.2 Å². The van der Waals surface area contributed by atoms with Crippen LogP contribution in [0.2, 0.25) is 0 Å². The van der Waals surface area contributed by atoms with Gasteiger partial charge in [-0.2, -0.15) is 0 Å². The third-order valence-electron chi connectivity index (χ3n) is 3.81. The Hall–Kier alpha value is 0.190. The lowest BCUT2D eigenvalue weighted by Gasteiger charge is -2.20. The van der Waals surface area contributed by atoms with Crippen LogP contribution in [0.5, 0.6) is 0 Å². The first-order valence-corrected chi connectivity index (χ1v) is 8.53. The summed E-state index contributed by atoms with van der Waals surface area (Å²) >= 11 is 6.01. The van der Waals surface area contributed by atoms with E-state index in [1.807, 2.05) is 0 Å². The van der Waals surface area contributed by atoms with Gasteiger partial charge < -0.3 is 10.2 Å². The number of rotatable bonds is 4. The number of hydrogen-bond donors (Lipinski definition) is 1. The number of nitrogens with zero attached hydrogens (tertiary/aromatic N) is 1. The first kappa shape index (κ1) is 13.2. The van der Waals surface area contributed by atoms with E-state index in [0.717, 1.165) is 12.0 Å². The fourth-order valence-electron chi connectivity index (χ4n) is 2.57. The Kier molecular flexibility index (Phi) is 4.15. The lowest BCUT2D eigenvalue weighted by molar-refractivity contribution is 0.515. The van der Waals surface area contributed by atoms with Crippen molar-refractivity contribution in [3.05, 3.63) is 26.2 Å². The maximum absolute atomic E-state index is 3.66. The molecule has 18 heavy (non-hydrogen) atoms. The minimum atomic E-state index is 0.820. The minimum Gasteiger partial charge on any atom is -0.370 e. The Morgan fingerprint density at radius 1 is 1.33 bits per heavy atom. The quantitative estimate of drug-likeness (QED) is 0.748. The zero-order valence-electron chi connectivity index (χ0n) is 10.3. The second-order valence-electron chi connectivity index (χ2n) is 5.38. The van der Waals surface area contributed by atoms with Crippen LogP contribution in [0.4, 0.5) is 5.69 Å². The number of nitrogens with one attached hydrogen (secondary N) is 1. The van der Waals surface area contributed by atoms with Crippen molar-refractivity contribution in [2.24, 2.45) is 5.92 Å². The van der Waals surface area contributed by atoms with Gasteiger partial charge in [0.15, 0.2) is 0 Å². The van der Waals surface area contributed by atoms with Crippen molar-refractivity contribution in [3.63, 3.8) is 0 Å². The highest BCUT2D eigenvalue weighted by atomic mass is 127. The van der Waals surface area contributed by atoms with E-state index in [1.54, 1.807) is 0 Å². The molecule has 1 atom stereocenters. The second kappa shape index (κ2) is 5.67. The Balaban J connectivity index is 1.61. The molecule has 0 spiro atoms. The molecule has 1 aromatic rings. The molecule has 2 nitrogen and oxygen atoms in total. The summed E-state index contributed by atoms with van der Waals surface area (Å²) in [7, 11) is 0. The van der Waals surface area contributed by atoms with Gasteiger partial charge in [0.2, 0.25) is 0 Å². The van der Waals surface area contributed by atoms with Crippen LogP contribution in [0, 0.1) is 9.49 Å². The molecular formula is C14H18BrIN2. The standard InChI is InChI=1S/C14H18BrIN2/c15-11-1-4-13(16)14(7-11)18-6-5-10(9-18)8-17-12-2-3-12/h1,4,7,10,12,17H,2-3,5-6,8-9H2. The predicted molar refractivity (Wildman–Crippen MR) is 88.2 cm³/mol. The Bertz CT molecular complexity index is 434. The van der Waals surface area contributed by atoms with Gasteiger partial charge in [-0.25, -0.2) is 0 Å². The van der Waals surface area contributed by atoms with Crippen molar-refractivity contribution in [2.45, 2.75) is 25.3 Å². The average Bonchev–Trinajstić information content (AvgIpc) is 3.08. The normalized spacial score (nSPS) is 23.7. The van der Waals surface area contributed by atoms with Crippen LogP contribution in [-0.2, 0) is 0 Å². The van der Waals surface area contributed by atoms with Gasteiger partial charge in [-0.1, -0.05) is 15.9 Å². The van der Waals surface area contributed by atoms with E-state index in [0.29, 0.717) is 0 Å². The van der Waals surface area contributed by atoms with Crippen molar-refractivity contribution in [3.8, 4) is 0 Å². The number of benzene rings is 1. The van der Waals surface area contributed by atoms with Crippen molar-refractivity contribution in [1.29, 1.82) is 0 Å². The van der Waals surface area contributed by atoms with Crippen molar-refractivity contribution < 1.29 is 0 Å². The van der Waals surface area contributed by atoms with Gasteiger partial charge >= 0.3 is 0 Å². The van der Waals surface area contributed by atoms with Crippen LogP contribution in [0.25, 0.3) is 0 Å². The first-order valence-electron chi connectivity index (χ1n) is 6.66. The van der Waals surface area contributed by atoms with Crippen molar-refractivity contribution >= 4 is 44.2 Å². The van der Waals surface area contributed by atoms with Crippen LogP contribution in [0.15, 0.2) is 22.7 Å². The van der Waals surface area contributed by atoms with E-state index >= 15 is 0 Å². The monoisotopic (exact) mass is 420 g/mol. The first-order chi connectivity index (χ1) is 8.72. The topological polar surface area (TPSA) is 15.3 Å². The smallest absolute Gasteiger partial charge is 0.0513 e. The average molecular weight is 421 g/mol. The van der Waals surface area contributed by atoms with E-state index < -0.39 is 0 Å². The van der Waals surface area contributed by atoms with Crippen LogP contribution < -0.4 is 10.2 Å². The molecule has 1 unspecified atom stereocenters. The SMILES string of the molecule is Brc1ccc(I)c(N2CCC(CNC3CC3)C2)c1. The molecule has 1 heterocycles. The van der Waals surface area contributed by atoms with Gasteiger partial charge in [0.25, 0.3) is 0 Å². The van der Waals surface area contributed by atoms with Gasteiger partial charge in [0.1, 0.15) is 0 Å². The van der Waals surface area contributed by atoms with Crippen LogP contribution in [0.1, 0.15) is 19.3 Å². The molecule has 0 aromatic heterocycles. The van der Waals surface area contributed by atoms with E-state index in [4.69, 9.17) is 0 Å². The molecule has 1 saturated carbocycles. The Labute approximate surface area is 131 Å². The lowest BCUT2D eigenvalue weighted by atomic mass is 10.1. The lowest BCUT2D eigenvalue weighted by Crippen LogP contribution is -2.27. The molecule has 2 fully saturated rings. The van der Waals surface area contributed by atoms with E-state index in [1.165, 1.54) is 52.6 Å². The molecule has 2 aliphatic rings. The molecule has 1 aliphatic carbocycles. The molecule has 98 valence electrons. The second-order valence-corrected chi connectivity index (χ2v) is 7.46. The molecule has 0 amide bonds. The summed E-state index contributed by atoms with van der Waals surface area (Å²) in [6.07, 6.45) is 4.10. The fourth-order valence-corrected chi connectivity index (χ4v) is 3.59. The summed E-state index contributed by atoms with van der Waals surface area (Å²) in [5, 5.41) is 3.66. The number of halogens is 2. The van der Waals surface area contributed by atoms with E-state index in [2.05, 4.69) is 66.9 Å². The van der Waals surface area contributed by atoms with Crippen LogP contribution >= 0.6 is 38.5 Å². The maximum Gasteiger partial charge on any atom is 0.0513 e. The molecule has 4 heteroatoms. The minimum absolute atomic E-state index is 0.820. The summed E-state index contributed by atoms with van der Waals surface area (Å²) < 4.78 is 2.53. The van der Waals surface area contributed by atoms with Gasteiger partial charge in [-0.3, -0.25) is 0 Å². The zero-order valence-corrected chi connectivity index (χ0v) is 14.1. The highest BCUT2D eigenvalue weighted by Gasteiger charge is 2.27. The van der Waals surface area contributed by atoms with Crippen LogP contribution in [0.3, 0.4) is 0 Å². The van der Waals surface area contributed by atoms with Gasteiger partial charge in [-0.15, -0.1) is 0 Å². The molecule has 1 saturated heterocycles. The summed E-state index contributed by atoms with van der Waals surface area (Å²) in [6, 6.07) is 7.40. The summed E-state index contributed by atoms with van der Waals surface area (Å²) in [4.78, 5) is 2.53. The zero-order chi connectivity index (χ0) is 12.5. The van der Waals surface area contributed by atoms with Crippen molar-refractivity contribution in [1.82, 2.24) is 5.32 Å². The summed E-state index contributed by atoms with van der Waals surface area (Å²) in [5.74, 6) is 0.820. The third kappa shape index (κ3) is 3.20. The molecule has 3 rings (SSSR count). The Morgan fingerprint density at radius 3 is 2.94 bits per heavy atom. The van der Waals surface area contributed by atoms with Gasteiger partial charge in [-0.05, 0) is 72.5 Å². The summed E-state index contributed by atoms with van der Waals surface area (Å²) in [6.45, 7) is 3.60. The Morgan fingerprint density at radius 2 is 2.17 bits per heavy atom. The van der Waals surface area contributed by atoms with Gasteiger partial charge in [0.05, 0.1) is 5.69 Å². The molecule has 0 radical (unpaired) electrons. The highest BCUT2D eigenvalue weighted by Crippen LogP contribution is 2.31. The third-order valence-corrected chi connectivity index (χ3v) is 5.21. The molecule has 1 aromatic carbocycles. The van der Waals surface area contributed by atoms with E-state index in [-0.39, 0.29) is 0 Å². The van der Waals surface area contributed by atoms with E-state index in [9.17, 15) is 0 Å². The highest BCUT2D eigenvalue weighted by molar-refractivity contribution is 14.1. The molecule has 1 N–H and O–H groups in total. The largest absolute Gasteiger partial charge is 0.370 e. The summed E-state index contributed by atoms with van der Waals surface area (Å²) in [5.41, 5.74) is 1.39. The van der Waals surface area contributed by atoms with Crippen molar-refractivity contribution in [2.75, 3.05) is 24.5 Å². The molecular weight excluding hydrogens is 403 g/mol. The fraction of sp³-hybridized carbons (Fsp3) is 0.571. The molecule has 1 aliphatic heterocycles. The number of hydrogen-bond acceptors (Lipinski definition) is 2. The maximum atomic E-state index is 3.66. The molecule has 0 bridgehead atoms. The van der Waals surface area contributed by atoms with Crippen LogP contribution in [-0.4, -0.2) is 25.7 Å². The predicted octanol–water partition coefficient (Wildman–Crippen LogP) is 3.63.